The largest absolute Gasteiger partial charge is 0.467 e. The molecule has 0 aliphatic carbocycles. The molecule has 0 aliphatic heterocycles. The van der Waals surface area contributed by atoms with E-state index in [-0.39, 0.29) is 13.2 Å². The van der Waals surface area contributed by atoms with Gasteiger partial charge in [0.05, 0.1) is 7.11 Å². The molecule has 0 spiro atoms. The summed E-state index contributed by atoms with van der Waals surface area (Å²) < 4.78 is 9.40. The van der Waals surface area contributed by atoms with Crippen LogP contribution in [0.25, 0.3) is 0 Å². The van der Waals surface area contributed by atoms with Gasteiger partial charge >= 0.3 is 11.9 Å². The summed E-state index contributed by atoms with van der Waals surface area (Å²) in [6.45, 7) is -0.358. The molecule has 6 nitrogen and oxygen atoms in total. The molecule has 0 aliphatic rings. The summed E-state index contributed by atoms with van der Waals surface area (Å²) in [5.41, 5.74) is 9.74. The summed E-state index contributed by atoms with van der Waals surface area (Å²) in [6.07, 6.45) is 0. The minimum atomic E-state index is -1.95. The number of ether oxygens (including phenoxy) is 2. The lowest BCUT2D eigenvalue weighted by atomic mass is 10.0. The highest BCUT2D eigenvalue weighted by Crippen LogP contribution is 2.08. The first-order valence-electron chi connectivity index (χ1n) is 5.33. The average Bonchev–Trinajstić information content (AvgIpc) is 2.43. The first-order valence-corrected chi connectivity index (χ1v) is 5.33. The van der Waals surface area contributed by atoms with Crippen LogP contribution in [0, 0.1) is 0 Å². The molecule has 6 heteroatoms. The van der Waals surface area contributed by atoms with Gasteiger partial charge in [0.1, 0.15) is 6.61 Å². The van der Waals surface area contributed by atoms with Crippen LogP contribution in [0.2, 0.25) is 0 Å². The lowest BCUT2D eigenvalue weighted by Crippen LogP contribution is -2.61. The van der Waals surface area contributed by atoms with Crippen molar-refractivity contribution < 1.29 is 19.1 Å². The maximum atomic E-state index is 11.7. The molecule has 0 radical (unpaired) electrons. The molecule has 0 heterocycles. The number of rotatable bonds is 5. The Labute approximate surface area is 105 Å². The molecule has 18 heavy (non-hydrogen) atoms. The topological polar surface area (TPSA) is 105 Å². The summed E-state index contributed by atoms with van der Waals surface area (Å²) in [5.74, 6) is -1.82. The van der Waals surface area contributed by atoms with Gasteiger partial charge < -0.3 is 20.9 Å². The van der Waals surface area contributed by atoms with Crippen LogP contribution in [0.5, 0.6) is 0 Å². The number of benzene rings is 1. The molecule has 1 aromatic carbocycles. The van der Waals surface area contributed by atoms with Gasteiger partial charge in [-0.05, 0) is 5.56 Å². The fourth-order valence-corrected chi connectivity index (χ4v) is 1.28. The Kier molecular flexibility index (Phi) is 4.82. The van der Waals surface area contributed by atoms with Crippen molar-refractivity contribution in [1.82, 2.24) is 0 Å². The lowest BCUT2D eigenvalue weighted by Gasteiger charge is -2.22. The van der Waals surface area contributed by atoms with Gasteiger partial charge in [-0.15, -0.1) is 0 Å². The second kappa shape index (κ2) is 6.13. The molecule has 0 aromatic heterocycles. The second-order valence-electron chi connectivity index (χ2n) is 3.73. The average molecular weight is 252 g/mol. The van der Waals surface area contributed by atoms with Gasteiger partial charge in [-0.2, -0.15) is 0 Å². The van der Waals surface area contributed by atoms with Crippen molar-refractivity contribution in [2.45, 2.75) is 12.1 Å². The van der Waals surface area contributed by atoms with E-state index in [1.807, 2.05) is 18.2 Å². The van der Waals surface area contributed by atoms with E-state index in [0.717, 1.165) is 12.7 Å². The first-order chi connectivity index (χ1) is 8.54. The third-order valence-electron chi connectivity index (χ3n) is 2.45. The van der Waals surface area contributed by atoms with Crippen molar-refractivity contribution in [1.29, 1.82) is 0 Å². The van der Waals surface area contributed by atoms with Gasteiger partial charge in [-0.25, -0.2) is 9.59 Å². The molecule has 0 saturated heterocycles. The number of carbonyl (C=O) groups is 2. The smallest absolute Gasteiger partial charge is 0.339 e. The Morgan fingerprint density at radius 3 is 2.33 bits per heavy atom. The molecule has 0 fully saturated rings. The molecule has 0 bridgehead atoms. The minimum absolute atomic E-state index is 0.0234. The number of carbonyl (C=O) groups excluding carboxylic acids is 2. The summed E-state index contributed by atoms with van der Waals surface area (Å²) in [5, 5.41) is 0. The summed E-state index contributed by atoms with van der Waals surface area (Å²) >= 11 is 0. The molecular formula is C12H16N2O4. The van der Waals surface area contributed by atoms with Crippen LogP contribution < -0.4 is 11.5 Å². The van der Waals surface area contributed by atoms with Crippen molar-refractivity contribution in [2.75, 3.05) is 13.7 Å². The van der Waals surface area contributed by atoms with Crippen LogP contribution in [0.15, 0.2) is 30.3 Å². The van der Waals surface area contributed by atoms with E-state index in [1.165, 1.54) is 0 Å². The van der Waals surface area contributed by atoms with E-state index in [9.17, 15) is 9.59 Å². The molecule has 4 N–H and O–H groups in total. The standard InChI is InChI=1S/C12H16N2O4/c1-17-10(15)12(14,8-13)11(16)18-7-9-5-3-2-4-6-9/h2-6H,7-8,13-14H2,1H3/t12-/m0/s1. The quantitative estimate of drug-likeness (QED) is 0.543. The maximum Gasteiger partial charge on any atom is 0.339 e. The van der Waals surface area contributed by atoms with E-state index in [4.69, 9.17) is 16.2 Å². The van der Waals surface area contributed by atoms with E-state index < -0.39 is 17.5 Å². The van der Waals surface area contributed by atoms with E-state index in [2.05, 4.69) is 4.74 Å². The van der Waals surface area contributed by atoms with Crippen LogP contribution in [0.3, 0.4) is 0 Å². The predicted octanol–water partition coefficient (Wildman–Crippen LogP) is -0.441. The van der Waals surface area contributed by atoms with E-state index in [0.29, 0.717) is 0 Å². The van der Waals surface area contributed by atoms with Gasteiger partial charge in [0.25, 0.3) is 0 Å². The van der Waals surface area contributed by atoms with Gasteiger partial charge in [0.2, 0.25) is 5.54 Å². The number of hydrogen-bond donors (Lipinski definition) is 2. The highest BCUT2D eigenvalue weighted by Gasteiger charge is 2.43. The Bertz CT molecular complexity index is 421. The third kappa shape index (κ3) is 3.06. The Balaban J connectivity index is 2.67. The Morgan fingerprint density at radius 2 is 1.83 bits per heavy atom. The van der Waals surface area contributed by atoms with E-state index in [1.54, 1.807) is 12.1 Å². The van der Waals surface area contributed by atoms with Gasteiger partial charge in [-0.3, -0.25) is 0 Å². The van der Waals surface area contributed by atoms with Crippen LogP contribution in [-0.4, -0.2) is 31.1 Å². The SMILES string of the molecule is COC(=O)[C@@](N)(CN)C(=O)OCc1ccccc1. The van der Waals surface area contributed by atoms with Crippen LogP contribution in [-0.2, 0) is 25.7 Å². The zero-order valence-corrected chi connectivity index (χ0v) is 10.1. The predicted molar refractivity (Wildman–Crippen MR) is 64.2 cm³/mol. The second-order valence-corrected chi connectivity index (χ2v) is 3.73. The first kappa shape index (κ1) is 14.1. The minimum Gasteiger partial charge on any atom is -0.467 e. The van der Waals surface area contributed by atoms with Crippen LogP contribution >= 0.6 is 0 Å². The molecule has 1 rings (SSSR count). The van der Waals surface area contributed by atoms with Crippen LogP contribution in [0.4, 0.5) is 0 Å². The van der Waals surface area contributed by atoms with Crippen molar-refractivity contribution in [3.8, 4) is 0 Å². The molecule has 1 aromatic rings. The van der Waals surface area contributed by atoms with E-state index >= 15 is 0 Å². The summed E-state index contributed by atoms with van der Waals surface area (Å²) in [7, 11) is 1.13. The maximum absolute atomic E-state index is 11.7. The van der Waals surface area contributed by atoms with Gasteiger partial charge in [0, 0.05) is 6.54 Å². The van der Waals surface area contributed by atoms with Crippen molar-refractivity contribution in [2.24, 2.45) is 11.5 Å². The zero-order valence-electron chi connectivity index (χ0n) is 10.1. The third-order valence-corrected chi connectivity index (χ3v) is 2.45. The summed E-state index contributed by atoms with van der Waals surface area (Å²) in [4.78, 5) is 23.1. The fraction of sp³-hybridized carbons (Fsp3) is 0.333. The van der Waals surface area contributed by atoms with Crippen molar-refractivity contribution >= 4 is 11.9 Å². The zero-order chi connectivity index (χ0) is 13.6. The van der Waals surface area contributed by atoms with Crippen LogP contribution in [0.1, 0.15) is 5.56 Å². The molecule has 0 unspecified atom stereocenters. The fourth-order valence-electron chi connectivity index (χ4n) is 1.28. The number of methoxy groups -OCH3 is 1. The summed E-state index contributed by atoms with van der Waals surface area (Å²) in [6, 6.07) is 9.02. The van der Waals surface area contributed by atoms with Crippen molar-refractivity contribution in [3.05, 3.63) is 35.9 Å². The van der Waals surface area contributed by atoms with Gasteiger partial charge in [-0.1, -0.05) is 30.3 Å². The Hall–Kier alpha value is -1.92. The highest BCUT2D eigenvalue weighted by atomic mass is 16.6. The lowest BCUT2D eigenvalue weighted by molar-refractivity contribution is -0.163. The Morgan fingerprint density at radius 1 is 1.22 bits per heavy atom. The molecule has 0 amide bonds. The number of nitrogens with two attached hydrogens (primary N) is 2. The number of hydrogen-bond acceptors (Lipinski definition) is 6. The molecular weight excluding hydrogens is 236 g/mol. The molecule has 0 saturated carbocycles. The van der Waals surface area contributed by atoms with Crippen molar-refractivity contribution in [3.63, 3.8) is 0 Å². The number of esters is 2. The normalized spacial score (nSPS) is 13.5. The molecule has 98 valence electrons. The van der Waals surface area contributed by atoms with Gasteiger partial charge in [0.15, 0.2) is 0 Å². The highest BCUT2D eigenvalue weighted by molar-refractivity contribution is 6.05. The monoisotopic (exact) mass is 252 g/mol. The molecule has 1 atom stereocenters.